The van der Waals surface area contributed by atoms with Crippen molar-refractivity contribution in [3.63, 3.8) is 0 Å². The predicted octanol–water partition coefficient (Wildman–Crippen LogP) is 3.12. The molecular formula is C29H32N6O3. The second-order valence-corrected chi connectivity index (χ2v) is 9.86. The molecule has 0 radical (unpaired) electrons. The maximum absolute atomic E-state index is 13.2. The van der Waals surface area contributed by atoms with Gasteiger partial charge in [-0.15, -0.1) is 0 Å². The van der Waals surface area contributed by atoms with E-state index in [0.717, 1.165) is 79.3 Å². The van der Waals surface area contributed by atoms with Gasteiger partial charge in [0.1, 0.15) is 5.82 Å². The van der Waals surface area contributed by atoms with Gasteiger partial charge in [0.15, 0.2) is 5.78 Å². The van der Waals surface area contributed by atoms with E-state index in [9.17, 15) is 4.79 Å². The number of pyridine rings is 2. The number of nitrogens with zero attached hydrogens (tertiary/aromatic N) is 6. The second kappa shape index (κ2) is 11.0. The van der Waals surface area contributed by atoms with Crippen LogP contribution >= 0.6 is 0 Å². The first-order valence-corrected chi connectivity index (χ1v) is 13.2. The summed E-state index contributed by atoms with van der Waals surface area (Å²) < 4.78 is 12.9. The molecule has 2 saturated heterocycles. The van der Waals surface area contributed by atoms with Gasteiger partial charge in [-0.3, -0.25) is 19.4 Å². The largest absolute Gasteiger partial charge is 0.379 e. The molecule has 38 heavy (non-hydrogen) atoms. The van der Waals surface area contributed by atoms with Crippen molar-refractivity contribution in [1.82, 2.24) is 24.6 Å². The zero-order valence-corrected chi connectivity index (χ0v) is 21.7. The topological polar surface area (TPSA) is 85.6 Å². The van der Waals surface area contributed by atoms with Gasteiger partial charge < -0.3 is 14.4 Å². The van der Waals surface area contributed by atoms with E-state index in [4.69, 9.17) is 9.47 Å². The van der Waals surface area contributed by atoms with Crippen molar-refractivity contribution in [1.29, 1.82) is 0 Å². The maximum atomic E-state index is 13.2. The number of fused-ring (bicyclic) bond motifs is 1. The highest BCUT2D eigenvalue weighted by atomic mass is 16.5. The van der Waals surface area contributed by atoms with Crippen LogP contribution in [0.4, 0.5) is 5.82 Å². The number of anilines is 1. The number of carbonyl (C=O) groups excluding carboxylic acids is 1. The Balaban J connectivity index is 1.22. The number of Topliss-reactive ketones (excluding diaryl/α,β-unsaturated/α-hetero) is 1. The average Bonchev–Trinajstić information content (AvgIpc) is 3.33. The van der Waals surface area contributed by atoms with Crippen molar-refractivity contribution in [3.8, 4) is 11.1 Å². The summed E-state index contributed by atoms with van der Waals surface area (Å²) >= 11 is 0. The van der Waals surface area contributed by atoms with Gasteiger partial charge in [0, 0.05) is 74.4 Å². The number of hydrogen-bond donors (Lipinski definition) is 0. The van der Waals surface area contributed by atoms with Crippen LogP contribution in [0.5, 0.6) is 0 Å². The van der Waals surface area contributed by atoms with Gasteiger partial charge in [0.2, 0.25) is 0 Å². The molecule has 0 spiro atoms. The van der Waals surface area contributed by atoms with Crippen molar-refractivity contribution in [2.75, 3.05) is 57.5 Å². The Morgan fingerprint density at radius 1 is 0.895 bits per heavy atom. The third-order valence-electron chi connectivity index (χ3n) is 7.37. The predicted molar refractivity (Wildman–Crippen MR) is 145 cm³/mol. The minimum Gasteiger partial charge on any atom is -0.379 e. The number of hydrogen-bond acceptors (Lipinski definition) is 8. The lowest BCUT2D eigenvalue weighted by Gasteiger charge is -2.27. The summed E-state index contributed by atoms with van der Waals surface area (Å²) in [6.07, 6.45) is 5.74. The minimum absolute atomic E-state index is 0.0324. The van der Waals surface area contributed by atoms with E-state index < -0.39 is 0 Å². The molecule has 2 aliphatic heterocycles. The van der Waals surface area contributed by atoms with Crippen molar-refractivity contribution in [3.05, 3.63) is 71.9 Å². The SMILES string of the molecule is Cn1ncc(-c2ccc3cnc(CC(=O)c4ccnc(N5CCOCC5)c4)cc3c2)c1CN1CCOCC1. The molecule has 0 amide bonds. The quantitative estimate of drug-likeness (QED) is 0.349. The first-order valence-electron chi connectivity index (χ1n) is 13.2. The van der Waals surface area contributed by atoms with Crippen LogP contribution in [-0.2, 0) is 29.5 Å². The summed E-state index contributed by atoms with van der Waals surface area (Å²) in [6, 6.07) is 12.1. The van der Waals surface area contributed by atoms with Gasteiger partial charge in [-0.2, -0.15) is 5.10 Å². The first-order chi connectivity index (χ1) is 18.6. The Hall–Kier alpha value is -3.66. The zero-order valence-electron chi connectivity index (χ0n) is 21.7. The lowest BCUT2D eigenvalue weighted by Crippen LogP contribution is -2.36. The van der Waals surface area contributed by atoms with E-state index >= 15 is 0 Å². The van der Waals surface area contributed by atoms with Crippen LogP contribution in [0, 0.1) is 0 Å². The molecule has 0 N–H and O–H groups in total. The Bertz CT molecular complexity index is 1440. The van der Waals surface area contributed by atoms with Crippen LogP contribution in [0.2, 0.25) is 0 Å². The van der Waals surface area contributed by atoms with E-state index in [1.807, 2.05) is 36.3 Å². The van der Waals surface area contributed by atoms with E-state index in [1.165, 1.54) is 5.69 Å². The summed E-state index contributed by atoms with van der Waals surface area (Å²) in [7, 11) is 2.00. The van der Waals surface area contributed by atoms with Gasteiger partial charge in [-0.05, 0) is 35.2 Å². The fraction of sp³-hybridized carbons (Fsp3) is 0.379. The molecule has 196 valence electrons. The molecule has 0 aliphatic carbocycles. The molecule has 0 unspecified atom stereocenters. The molecule has 2 fully saturated rings. The van der Waals surface area contributed by atoms with E-state index in [-0.39, 0.29) is 12.2 Å². The molecule has 2 aliphatic rings. The Labute approximate surface area is 222 Å². The second-order valence-electron chi connectivity index (χ2n) is 9.86. The van der Waals surface area contributed by atoms with E-state index in [2.05, 4.69) is 43.1 Å². The van der Waals surface area contributed by atoms with Crippen molar-refractivity contribution in [2.24, 2.45) is 7.05 Å². The van der Waals surface area contributed by atoms with Gasteiger partial charge in [-0.1, -0.05) is 12.1 Å². The fourth-order valence-corrected chi connectivity index (χ4v) is 5.14. The number of benzene rings is 1. The number of rotatable bonds is 7. The van der Waals surface area contributed by atoms with E-state index in [1.54, 1.807) is 12.3 Å². The average molecular weight is 513 g/mol. The smallest absolute Gasteiger partial charge is 0.169 e. The molecule has 9 heteroatoms. The van der Waals surface area contributed by atoms with Crippen molar-refractivity contribution in [2.45, 2.75) is 13.0 Å². The monoisotopic (exact) mass is 512 g/mol. The van der Waals surface area contributed by atoms with Crippen LogP contribution in [0.25, 0.3) is 21.9 Å². The molecule has 0 atom stereocenters. The Kier molecular flexibility index (Phi) is 7.13. The molecule has 3 aromatic heterocycles. The molecule has 9 nitrogen and oxygen atoms in total. The molecule has 0 bridgehead atoms. The summed E-state index contributed by atoms with van der Waals surface area (Å²) in [4.78, 5) is 26.8. The van der Waals surface area contributed by atoms with Crippen molar-refractivity contribution < 1.29 is 14.3 Å². The van der Waals surface area contributed by atoms with Crippen LogP contribution in [-0.4, -0.2) is 83.0 Å². The maximum Gasteiger partial charge on any atom is 0.169 e. The van der Waals surface area contributed by atoms with Crippen LogP contribution in [0.1, 0.15) is 21.7 Å². The highest BCUT2D eigenvalue weighted by molar-refractivity contribution is 5.98. The minimum atomic E-state index is 0.0324. The lowest BCUT2D eigenvalue weighted by atomic mass is 10.0. The molecule has 5 heterocycles. The number of morpholine rings is 2. The third-order valence-corrected chi connectivity index (χ3v) is 7.37. The van der Waals surface area contributed by atoms with Crippen LogP contribution in [0.15, 0.2) is 55.0 Å². The third kappa shape index (κ3) is 5.31. The van der Waals surface area contributed by atoms with Gasteiger partial charge >= 0.3 is 0 Å². The molecule has 6 rings (SSSR count). The standard InChI is InChI=1S/C29H32N6O3/c1-33-27(20-34-6-10-37-11-7-34)26(19-32-33)21-2-3-23-18-31-25(15-24(23)14-21)17-28(36)22-4-5-30-29(16-22)35-8-12-38-13-9-35/h2-5,14-16,18-19H,6-13,17,20H2,1H3. The highest BCUT2D eigenvalue weighted by Crippen LogP contribution is 2.28. The lowest BCUT2D eigenvalue weighted by molar-refractivity contribution is 0.0332. The highest BCUT2D eigenvalue weighted by Gasteiger charge is 2.18. The Morgan fingerprint density at radius 2 is 1.68 bits per heavy atom. The van der Waals surface area contributed by atoms with Crippen molar-refractivity contribution >= 4 is 22.4 Å². The summed E-state index contributed by atoms with van der Waals surface area (Å²) in [5.41, 5.74) is 4.83. The molecule has 1 aromatic carbocycles. The molecular weight excluding hydrogens is 480 g/mol. The number of carbonyl (C=O) groups is 1. The fourth-order valence-electron chi connectivity index (χ4n) is 5.14. The number of ketones is 1. The summed E-state index contributed by atoms with van der Waals surface area (Å²) in [5, 5.41) is 6.66. The van der Waals surface area contributed by atoms with Gasteiger partial charge in [0.05, 0.1) is 44.7 Å². The Morgan fingerprint density at radius 3 is 2.50 bits per heavy atom. The van der Waals surface area contributed by atoms with E-state index in [0.29, 0.717) is 18.8 Å². The first kappa shape index (κ1) is 24.7. The van der Waals surface area contributed by atoms with Gasteiger partial charge in [-0.25, -0.2) is 4.98 Å². The normalized spacial score (nSPS) is 16.7. The summed E-state index contributed by atoms with van der Waals surface area (Å²) in [5.74, 6) is 0.851. The number of ether oxygens (including phenoxy) is 2. The summed E-state index contributed by atoms with van der Waals surface area (Å²) in [6.45, 7) is 7.15. The zero-order chi connectivity index (χ0) is 25.9. The number of aryl methyl sites for hydroxylation is 1. The molecule has 0 saturated carbocycles. The number of aromatic nitrogens is 4. The van der Waals surface area contributed by atoms with Gasteiger partial charge in [0.25, 0.3) is 0 Å². The molecule has 4 aromatic rings. The van der Waals surface area contributed by atoms with Crippen LogP contribution in [0.3, 0.4) is 0 Å². The van der Waals surface area contributed by atoms with Crippen LogP contribution < -0.4 is 4.90 Å².